The molecule has 0 saturated carbocycles. The Morgan fingerprint density at radius 1 is 1.44 bits per heavy atom. The molecule has 4 N–H and O–H groups in total. The molecule has 0 spiro atoms. The molecule has 2 unspecified atom stereocenters. The third-order valence-electron chi connectivity index (χ3n) is 2.51. The van der Waals surface area contributed by atoms with Gasteiger partial charge in [-0.1, -0.05) is 0 Å². The number of likely N-dealkylation sites (N-methyl/N-ethyl adjacent to an activating group) is 1. The van der Waals surface area contributed by atoms with Gasteiger partial charge in [-0.3, -0.25) is 0 Å². The van der Waals surface area contributed by atoms with Gasteiger partial charge in [0.05, 0.1) is 6.10 Å². The van der Waals surface area contributed by atoms with Crippen LogP contribution in [0.2, 0.25) is 0 Å². The van der Waals surface area contributed by atoms with E-state index in [1.807, 2.05) is 0 Å². The van der Waals surface area contributed by atoms with Crippen LogP contribution in [-0.2, 0) is 0 Å². The first-order chi connectivity index (χ1) is 7.60. The summed E-state index contributed by atoms with van der Waals surface area (Å²) in [5, 5.41) is 12.7. The number of rotatable bonds is 5. The van der Waals surface area contributed by atoms with Gasteiger partial charge >= 0.3 is 0 Å². The van der Waals surface area contributed by atoms with Gasteiger partial charge in [0.2, 0.25) is 0 Å². The van der Waals surface area contributed by atoms with Crippen LogP contribution >= 0.6 is 0 Å². The lowest BCUT2D eigenvalue weighted by Gasteiger charge is -2.22. The Bertz CT molecular complexity index is 347. The molecule has 0 radical (unpaired) electrons. The number of benzene rings is 1. The van der Waals surface area contributed by atoms with Crippen LogP contribution in [0.25, 0.3) is 0 Å². The Morgan fingerprint density at radius 2 is 2.12 bits per heavy atom. The van der Waals surface area contributed by atoms with E-state index in [0.717, 1.165) is 18.2 Å². The highest BCUT2D eigenvalue weighted by atomic mass is 19.1. The summed E-state index contributed by atoms with van der Waals surface area (Å²) in [6.07, 6.45) is -0.627. The molecule has 2 atom stereocenters. The van der Waals surface area contributed by atoms with Crippen LogP contribution in [0.15, 0.2) is 18.2 Å². The van der Waals surface area contributed by atoms with Crippen molar-refractivity contribution in [1.82, 2.24) is 5.32 Å². The second kappa shape index (κ2) is 5.89. The molecule has 1 rings (SSSR count). The molecule has 1 aromatic carbocycles. The molecule has 5 heteroatoms. The van der Waals surface area contributed by atoms with E-state index in [9.17, 15) is 13.9 Å². The Morgan fingerprint density at radius 3 is 2.69 bits per heavy atom. The van der Waals surface area contributed by atoms with Gasteiger partial charge in [0, 0.05) is 11.6 Å². The average molecular weight is 230 g/mol. The van der Waals surface area contributed by atoms with Crippen molar-refractivity contribution in [3.8, 4) is 0 Å². The normalized spacial score (nSPS) is 14.8. The number of nitrogens with two attached hydrogens (primary N) is 1. The van der Waals surface area contributed by atoms with Gasteiger partial charge in [-0.2, -0.15) is 0 Å². The van der Waals surface area contributed by atoms with Gasteiger partial charge in [-0.25, -0.2) is 8.78 Å². The van der Waals surface area contributed by atoms with E-state index in [2.05, 4.69) is 5.32 Å². The van der Waals surface area contributed by atoms with Crippen LogP contribution < -0.4 is 11.1 Å². The molecule has 0 aliphatic heterocycles. The zero-order chi connectivity index (χ0) is 12.1. The molecule has 0 aliphatic rings. The summed E-state index contributed by atoms with van der Waals surface area (Å²) >= 11 is 0. The van der Waals surface area contributed by atoms with Gasteiger partial charge in [0.15, 0.2) is 0 Å². The molecule has 0 bridgehead atoms. The lowest BCUT2D eigenvalue weighted by Crippen LogP contribution is -2.34. The van der Waals surface area contributed by atoms with Gasteiger partial charge in [0.25, 0.3) is 0 Å². The van der Waals surface area contributed by atoms with Crippen molar-refractivity contribution in [2.75, 3.05) is 13.6 Å². The van der Waals surface area contributed by atoms with E-state index in [1.54, 1.807) is 7.05 Å². The number of nitrogens with one attached hydrogen (secondary N) is 1. The number of hydrogen-bond acceptors (Lipinski definition) is 3. The van der Waals surface area contributed by atoms with Crippen molar-refractivity contribution >= 4 is 0 Å². The van der Waals surface area contributed by atoms with Crippen molar-refractivity contribution in [1.29, 1.82) is 0 Å². The maximum Gasteiger partial charge on any atom is 0.129 e. The average Bonchev–Trinajstić information content (AvgIpc) is 2.28. The molecule has 0 fully saturated rings. The fourth-order valence-corrected chi connectivity index (χ4v) is 1.60. The second-order valence-corrected chi connectivity index (χ2v) is 3.58. The van der Waals surface area contributed by atoms with Crippen molar-refractivity contribution < 1.29 is 13.9 Å². The third kappa shape index (κ3) is 2.98. The maximum atomic E-state index is 13.4. The third-order valence-corrected chi connectivity index (χ3v) is 2.51. The van der Waals surface area contributed by atoms with E-state index in [4.69, 9.17) is 5.73 Å². The van der Waals surface area contributed by atoms with Crippen molar-refractivity contribution in [2.45, 2.75) is 18.6 Å². The van der Waals surface area contributed by atoms with Crippen LogP contribution in [0.3, 0.4) is 0 Å². The molecule has 0 heterocycles. The predicted molar refractivity (Wildman–Crippen MR) is 57.8 cm³/mol. The number of aliphatic hydroxyl groups excluding tert-OH is 1. The summed E-state index contributed by atoms with van der Waals surface area (Å²) in [6.45, 7) is 0.361. The molecule has 90 valence electrons. The zero-order valence-corrected chi connectivity index (χ0v) is 9.08. The smallest absolute Gasteiger partial charge is 0.129 e. The first-order valence-electron chi connectivity index (χ1n) is 5.10. The lowest BCUT2D eigenvalue weighted by molar-refractivity contribution is 0.124. The summed E-state index contributed by atoms with van der Waals surface area (Å²) in [5.74, 6) is -1.19. The van der Waals surface area contributed by atoms with E-state index >= 15 is 0 Å². The highest BCUT2D eigenvalue weighted by molar-refractivity contribution is 5.22. The van der Waals surface area contributed by atoms with E-state index in [1.165, 1.54) is 0 Å². The molecule has 0 aliphatic carbocycles. The van der Waals surface area contributed by atoms with Crippen LogP contribution in [0.4, 0.5) is 8.78 Å². The molecular weight excluding hydrogens is 214 g/mol. The molecule has 0 aromatic heterocycles. The molecule has 3 nitrogen and oxygen atoms in total. The Balaban J connectivity index is 2.93. The first-order valence-corrected chi connectivity index (χ1v) is 5.10. The molecule has 1 aromatic rings. The fraction of sp³-hybridized carbons (Fsp3) is 0.455. The molecule has 16 heavy (non-hydrogen) atoms. The van der Waals surface area contributed by atoms with Crippen molar-refractivity contribution in [2.24, 2.45) is 5.73 Å². The van der Waals surface area contributed by atoms with Gasteiger partial charge in [-0.15, -0.1) is 0 Å². The minimum atomic E-state index is -1.11. The Kier molecular flexibility index (Phi) is 4.79. The summed E-state index contributed by atoms with van der Waals surface area (Å²) in [5.41, 5.74) is 5.32. The number of aliphatic hydroxyl groups is 1. The highest BCUT2D eigenvalue weighted by Gasteiger charge is 2.21. The number of hydrogen-bond donors (Lipinski definition) is 3. The maximum absolute atomic E-state index is 13.4. The van der Waals surface area contributed by atoms with Gasteiger partial charge in [0.1, 0.15) is 11.6 Å². The van der Waals surface area contributed by atoms with Gasteiger partial charge in [-0.05, 0) is 38.2 Å². The quantitative estimate of drug-likeness (QED) is 0.705. The largest absolute Gasteiger partial charge is 0.387 e. The Labute approximate surface area is 93.3 Å². The van der Waals surface area contributed by atoms with Gasteiger partial charge < -0.3 is 16.2 Å². The molecular formula is C11H16F2N2O. The van der Waals surface area contributed by atoms with Crippen LogP contribution in [0, 0.1) is 11.6 Å². The SMILES string of the molecule is CNC(CCN)C(O)c1cc(F)ccc1F. The minimum absolute atomic E-state index is 0.0483. The number of halogens is 2. The van der Waals surface area contributed by atoms with Crippen molar-refractivity contribution in [3.05, 3.63) is 35.4 Å². The summed E-state index contributed by atoms with van der Waals surface area (Å²) in [7, 11) is 1.64. The first kappa shape index (κ1) is 13.0. The predicted octanol–water partition coefficient (Wildman–Crippen LogP) is 0.935. The van der Waals surface area contributed by atoms with E-state index < -0.39 is 17.7 Å². The topological polar surface area (TPSA) is 58.3 Å². The van der Waals surface area contributed by atoms with Crippen LogP contribution in [-0.4, -0.2) is 24.7 Å². The zero-order valence-electron chi connectivity index (χ0n) is 9.08. The summed E-state index contributed by atoms with van der Waals surface area (Å²) in [6, 6.07) is 2.63. The van der Waals surface area contributed by atoms with Crippen LogP contribution in [0.1, 0.15) is 18.1 Å². The molecule has 0 amide bonds. The summed E-state index contributed by atoms with van der Waals surface area (Å²) < 4.78 is 26.3. The summed E-state index contributed by atoms with van der Waals surface area (Å²) in [4.78, 5) is 0. The van der Waals surface area contributed by atoms with E-state index in [-0.39, 0.29) is 11.6 Å². The van der Waals surface area contributed by atoms with Crippen molar-refractivity contribution in [3.63, 3.8) is 0 Å². The second-order valence-electron chi connectivity index (χ2n) is 3.58. The monoisotopic (exact) mass is 230 g/mol. The molecule has 0 saturated heterocycles. The Hall–Kier alpha value is -1.04. The minimum Gasteiger partial charge on any atom is -0.387 e. The highest BCUT2D eigenvalue weighted by Crippen LogP contribution is 2.22. The lowest BCUT2D eigenvalue weighted by atomic mass is 9.99. The van der Waals surface area contributed by atoms with E-state index in [0.29, 0.717) is 13.0 Å². The van der Waals surface area contributed by atoms with Crippen LogP contribution in [0.5, 0.6) is 0 Å². The standard InChI is InChI=1S/C11H16F2N2O/c1-15-10(4-5-14)11(16)8-6-7(12)2-3-9(8)13/h2-3,6,10-11,15-16H,4-5,14H2,1H3. The fourth-order valence-electron chi connectivity index (χ4n) is 1.60.